The second kappa shape index (κ2) is 11.3. The van der Waals surface area contributed by atoms with Crippen LogP contribution in [0.3, 0.4) is 0 Å². The van der Waals surface area contributed by atoms with Crippen LogP contribution in [0.15, 0.2) is 72.2 Å². The average Bonchev–Trinajstić information content (AvgIpc) is 3.57. The van der Waals surface area contributed by atoms with Gasteiger partial charge in [-0.25, -0.2) is 4.98 Å². The lowest BCUT2D eigenvalue weighted by Crippen LogP contribution is -2.24. The van der Waals surface area contributed by atoms with Gasteiger partial charge in [0.25, 0.3) is 5.91 Å². The van der Waals surface area contributed by atoms with Crippen LogP contribution in [0.1, 0.15) is 58.7 Å². The maximum atomic E-state index is 12.7. The van der Waals surface area contributed by atoms with Crippen molar-refractivity contribution in [1.82, 2.24) is 20.2 Å². The summed E-state index contributed by atoms with van der Waals surface area (Å²) in [5.41, 5.74) is 5.01. The van der Waals surface area contributed by atoms with Gasteiger partial charge in [-0.15, -0.1) is 11.3 Å². The van der Waals surface area contributed by atoms with Crippen molar-refractivity contribution in [2.45, 2.75) is 52.4 Å². The number of nitrogens with zero attached hydrogens (tertiary/aromatic N) is 3. The number of thiazole rings is 1. The fourth-order valence-electron chi connectivity index (χ4n) is 4.28. The third-order valence-corrected chi connectivity index (χ3v) is 7.20. The molecule has 0 spiro atoms. The summed E-state index contributed by atoms with van der Waals surface area (Å²) in [6, 6.07) is 20.5. The van der Waals surface area contributed by atoms with Gasteiger partial charge in [0.1, 0.15) is 10.7 Å². The molecule has 0 bridgehead atoms. The molecule has 38 heavy (non-hydrogen) atoms. The van der Waals surface area contributed by atoms with Crippen molar-refractivity contribution in [1.29, 1.82) is 0 Å². The largest absolute Gasteiger partial charge is 0.454 e. The SMILES string of the molecule is CC(C)(C)c1ccc(CN(Cc2ccc3c(c2)OCO3)Cc2nc(C(=O)NCc3ccccn3)cs2)cc1. The van der Waals surface area contributed by atoms with Gasteiger partial charge in [0.15, 0.2) is 11.5 Å². The first kappa shape index (κ1) is 25.9. The van der Waals surface area contributed by atoms with Gasteiger partial charge >= 0.3 is 0 Å². The summed E-state index contributed by atoms with van der Waals surface area (Å²) in [6.07, 6.45) is 1.72. The minimum atomic E-state index is -0.196. The van der Waals surface area contributed by atoms with Crippen molar-refractivity contribution in [3.05, 3.63) is 105 Å². The van der Waals surface area contributed by atoms with E-state index >= 15 is 0 Å². The second-order valence-electron chi connectivity index (χ2n) is 10.4. The minimum Gasteiger partial charge on any atom is -0.454 e. The zero-order valence-corrected chi connectivity index (χ0v) is 22.8. The van der Waals surface area contributed by atoms with Crippen LogP contribution in [-0.4, -0.2) is 27.6 Å². The molecule has 0 saturated carbocycles. The molecule has 0 saturated heterocycles. The molecule has 1 amide bonds. The molecule has 0 radical (unpaired) electrons. The molecule has 0 fully saturated rings. The number of nitrogens with one attached hydrogen (secondary N) is 1. The maximum absolute atomic E-state index is 12.7. The molecule has 0 atom stereocenters. The Morgan fingerprint density at radius 2 is 1.74 bits per heavy atom. The number of amides is 1. The number of pyridine rings is 1. The Bertz CT molecular complexity index is 1380. The van der Waals surface area contributed by atoms with Crippen LogP contribution in [0.4, 0.5) is 0 Å². The molecule has 2 aromatic carbocycles. The van der Waals surface area contributed by atoms with E-state index < -0.39 is 0 Å². The molecule has 7 nitrogen and oxygen atoms in total. The van der Waals surface area contributed by atoms with Crippen LogP contribution in [0.2, 0.25) is 0 Å². The monoisotopic (exact) mass is 528 g/mol. The lowest BCUT2D eigenvalue weighted by atomic mass is 9.87. The Kier molecular flexibility index (Phi) is 7.72. The summed E-state index contributed by atoms with van der Waals surface area (Å²) >= 11 is 1.50. The number of carbonyl (C=O) groups excluding carboxylic acids is 1. The predicted molar refractivity (Wildman–Crippen MR) is 148 cm³/mol. The van der Waals surface area contributed by atoms with E-state index in [4.69, 9.17) is 9.47 Å². The smallest absolute Gasteiger partial charge is 0.271 e. The molecular formula is C30H32N4O3S. The molecule has 8 heteroatoms. The first-order valence-corrected chi connectivity index (χ1v) is 13.5. The molecule has 5 rings (SSSR count). The molecule has 1 N–H and O–H groups in total. The number of benzene rings is 2. The van der Waals surface area contributed by atoms with E-state index in [0.29, 0.717) is 25.3 Å². The molecule has 2 aromatic heterocycles. The van der Waals surface area contributed by atoms with Crippen LogP contribution in [0.25, 0.3) is 0 Å². The number of ether oxygens (including phenoxy) is 2. The molecule has 196 valence electrons. The Morgan fingerprint density at radius 1 is 0.974 bits per heavy atom. The van der Waals surface area contributed by atoms with Crippen molar-refractivity contribution in [2.75, 3.05) is 6.79 Å². The third kappa shape index (κ3) is 6.57. The molecule has 0 aliphatic carbocycles. The van der Waals surface area contributed by atoms with Gasteiger partial charge in [-0.1, -0.05) is 57.2 Å². The number of fused-ring (bicyclic) bond motifs is 1. The highest BCUT2D eigenvalue weighted by atomic mass is 32.1. The van der Waals surface area contributed by atoms with Crippen molar-refractivity contribution in [3.8, 4) is 11.5 Å². The van der Waals surface area contributed by atoms with Gasteiger partial charge in [0.05, 0.1) is 18.8 Å². The highest BCUT2D eigenvalue weighted by molar-refractivity contribution is 7.09. The quantitative estimate of drug-likeness (QED) is 0.301. The van der Waals surface area contributed by atoms with E-state index in [-0.39, 0.29) is 18.1 Å². The predicted octanol–water partition coefficient (Wildman–Crippen LogP) is 5.70. The van der Waals surface area contributed by atoms with E-state index in [1.807, 2.05) is 35.7 Å². The first-order valence-electron chi connectivity index (χ1n) is 12.7. The molecule has 4 aromatic rings. The Hall–Kier alpha value is -3.75. The van der Waals surface area contributed by atoms with E-state index in [1.54, 1.807) is 6.20 Å². The van der Waals surface area contributed by atoms with Crippen molar-refractivity contribution in [2.24, 2.45) is 0 Å². The third-order valence-electron chi connectivity index (χ3n) is 6.37. The van der Waals surface area contributed by atoms with E-state index in [2.05, 4.69) is 71.3 Å². The lowest BCUT2D eigenvalue weighted by Gasteiger charge is -2.23. The zero-order valence-electron chi connectivity index (χ0n) is 21.9. The normalized spacial score (nSPS) is 12.6. The van der Waals surface area contributed by atoms with Gasteiger partial charge in [0, 0.05) is 24.7 Å². The number of hydrogen-bond acceptors (Lipinski definition) is 7. The lowest BCUT2D eigenvalue weighted by molar-refractivity contribution is 0.0945. The van der Waals surface area contributed by atoms with Gasteiger partial charge in [-0.3, -0.25) is 14.7 Å². The topological polar surface area (TPSA) is 76.6 Å². The molecule has 0 unspecified atom stereocenters. The van der Waals surface area contributed by atoms with Gasteiger partial charge < -0.3 is 14.8 Å². The van der Waals surface area contributed by atoms with Crippen LogP contribution >= 0.6 is 11.3 Å². The number of aromatic nitrogens is 2. The minimum absolute atomic E-state index is 0.110. The summed E-state index contributed by atoms with van der Waals surface area (Å²) in [4.78, 5) is 23.9. The second-order valence-corrected chi connectivity index (χ2v) is 11.4. The zero-order chi connectivity index (χ0) is 26.5. The summed E-state index contributed by atoms with van der Waals surface area (Å²) < 4.78 is 11.1. The van der Waals surface area contributed by atoms with Crippen LogP contribution in [0.5, 0.6) is 11.5 Å². The summed E-state index contributed by atoms with van der Waals surface area (Å²) in [5, 5.41) is 5.61. The summed E-state index contributed by atoms with van der Waals surface area (Å²) in [6.45, 7) is 9.37. The number of rotatable bonds is 9. The van der Waals surface area contributed by atoms with Crippen LogP contribution in [0, 0.1) is 0 Å². The fraction of sp³-hybridized carbons (Fsp3) is 0.300. The van der Waals surface area contributed by atoms with Crippen LogP contribution in [-0.2, 0) is 31.6 Å². The Balaban J connectivity index is 1.29. The summed E-state index contributed by atoms with van der Waals surface area (Å²) in [5.74, 6) is 1.36. The van der Waals surface area contributed by atoms with E-state index in [0.717, 1.165) is 34.3 Å². The van der Waals surface area contributed by atoms with Gasteiger partial charge in [-0.2, -0.15) is 0 Å². The molecule has 1 aliphatic heterocycles. The number of hydrogen-bond donors (Lipinski definition) is 1. The van der Waals surface area contributed by atoms with Crippen molar-refractivity contribution in [3.63, 3.8) is 0 Å². The van der Waals surface area contributed by atoms with E-state index in [9.17, 15) is 4.79 Å². The molecular weight excluding hydrogens is 496 g/mol. The van der Waals surface area contributed by atoms with Gasteiger partial charge in [-0.05, 0) is 46.4 Å². The summed E-state index contributed by atoms with van der Waals surface area (Å²) in [7, 11) is 0. The van der Waals surface area contributed by atoms with Crippen LogP contribution < -0.4 is 14.8 Å². The van der Waals surface area contributed by atoms with Crippen molar-refractivity contribution < 1.29 is 14.3 Å². The van der Waals surface area contributed by atoms with Crippen molar-refractivity contribution >= 4 is 17.2 Å². The fourth-order valence-corrected chi connectivity index (χ4v) is 5.09. The molecule has 1 aliphatic rings. The average molecular weight is 529 g/mol. The number of carbonyl (C=O) groups is 1. The Morgan fingerprint density at radius 3 is 2.50 bits per heavy atom. The van der Waals surface area contributed by atoms with E-state index in [1.165, 1.54) is 22.5 Å². The highest BCUT2D eigenvalue weighted by Gasteiger charge is 2.18. The first-order chi connectivity index (χ1) is 18.3. The standard InChI is InChI=1S/C30H32N4O3S/c1-30(2,3)23-10-7-21(8-11-23)16-34(17-22-9-12-26-27(14-22)37-20-36-26)18-28-33-25(19-38-28)29(35)32-15-24-6-4-5-13-31-24/h4-14,19H,15-18,20H2,1-3H3,(H,32,35). The van der Waals surface area contributed by atoms with Gasteiger partial charge in [0.2, 0.25) is 6.79 Å². The molecule has 3 heterocycles. The maximum Gasteiger partial charge on any atom is 0.271 e. The highest BCUT2D eigenvalue weighted by Crippen LogP contribution is 2.33. The Labute approximate surface area is 227 Å².